The van der Waals surface area contributed by atoms with Crippen LogP contribution in [0.5, 0.6) is 0 Å². The summed E-state index contributed by atoms with van der Waals surface area (Å²) < 4.78 is 27.9. The van der Waals surface area contributed by atoms with Crippen molar-refractivity contribution in [3.63, 3.8) is 0 Å². The van der Waals surface area contributed by atoms with Crippen LogP contribution in [0.3, 0.4) is 0 Å². The molecule has 0 atom stereocenters. The Kier molecular flexibility index (Phi) is 3.29. The van der Waals surface area contributed by atoms with E-state index < -0.39 is 10.1 Å². The summed E-state index contributed by atoms with van der Waals surface area (Å²) in [4.78, 5) is 0.205. The standard InChI is InChI=1S/C10H14O3S/c1-8(2)13-14(11,12)10-6-4-9(3)5-7-10/h4-8H,1-3H3. The van der Waals surface area contributed by atoms with E-state index in [4.69, 9.17) is 4.18 Å². The first-order chi connectivity index (χ1) is 6.42. The van der Waals surface area contributed by atoms with Gasteiger partial charge in [0.25, 0.3) is 10.1 Å². The molecule has 0 unspecified atom stereocenters. The highest BCUT2D eigenvalue weighted by Gasteiger charge is 2.16. The van der Waals surface area contributed by atoms with Gasteiger partial charge in [0.2, 0.25) is 0 Å². The van der Waals surface area contributed by atoms with E-state index in [1.54, 1.807) is 38.1 Å². The van der Waals surface area contributed by atoms with Gasteiger partial charge in [-0.1, -0.05) is 17.7 Å². The number of hydrogen-bond donors (Lipinski definition) is 0. The van der Waals surface area contributed by atoms with Crippen LogP contribution in [0.1, 0.15) is 19.4 Å². The molecule has 3 nitrogen and oxygen atoms in total. The molecule has 1 rings (SSSR count). The van der Waals surface area contributed by atoms with E-state index in [-0.39, 0.29) is 11.0 Å². The van der Waals surface area contributed by atoms with Crippen LogP contribution in [-0.2, 0) is 14.3 Å². The van der Waals surface area contributed by atoms with Gasteiger partial charge in [-0.15, -0.1) is 0 Å². The van der Waals surface area contributed by atoms with Gasteiger partial charge in [0.05, 0.1) is 11.0 Å². The molecule has 0 saturated heterocycles. The summed E-state index contributed by atoms with van der Waals surface area (Å²) in [5.41, 5.74) is 1.02. The Morgan fingerprint density at radius 3 is 2.07 bits per heavy atom. The molecule has 0 aliphatic heterocycles. The van der Waals surface area contributed by atoms with Crippen LogP contribution in [0.2, 0.25) is 0 Å². The van der Waals surface area contributed by atoms with E-state index >= 15 is 0 Å². The minimum Gasteiger partial charge on any atom is -0.264 e. The normalized spacial score (nSPS) is 12.0. The monoisotopic (exact) mass is 214 g/mol. The van der Waals surface area contributed by atoms with Gasteiger partial charge in [0.1, 0.15) is 0 Å². The van der Waals surface area contributed by atoms with Gasteiger partial charge in [-0.25, -0.2) is 0 Å². The predicted octanol–water partition coefficient (Wildman–Crippen LogP) is 2.11. The third kappa shape index (κ3) is 2.82. The smallest absolute Gasteiger partial charge is 0.264 e. The van der Waals surface area contributed by atoms with Crippen molar-refractivity contribution in [3.8, 4) is 0 Å². The molecule has 0 fully saturated rings. The summed E-state index contributed by atoms with van der Waals surface area (Å²) in [6, 6.07) is 6.59. The summed E-state index contributed by atoms with van der Waals surface area (Å²) in [6.07, 6.45) is -0.332. The molecule has 78 valence electrons. The van der Waals surface area contributed by atoms with Crippen molar-refractivity contribution in [2.75, 3.05) is 0 Å². The maximum atomic E-state index is 11.5. The molecule has 0 aliphatic carbocycles. The first-order valence-corrected chi connectivity index (χ1v) is 5.82. The molecule has 0 amide bonds. The van der Waals surface area contributed by atoms with Gasteiger partial charge < -0.3 is 0 Å². The number of benzene rings is 1. The molecule has 14 heavy (non-hydrogen) atoms. The zero-order chi connectivity index (χ0) is 10.8. The van der Waals surface area contributed by atoms with Crippen LogP contribution >= 0.6 is 0 Å². The highest BCUT2D eigenvalue weighted by molar-refractivity contribution is 7.86. The van der Waals surface area contributed by atoms with E-state index in [0.29, 0.717) is 0 Å². The summed E-state index contributed by atoms with van der Waals surface area (Å²) in [5, 5.41) is 0. The maximum Gasteiger partial charge on any atom is 0.297 e. The molecule has 0 heterocycles. The number of hydrogen-bond acceptors (Lipinski definition) is 3. The highest BCUT2D eigenvalue weighted by Crippen LogP contribution is 2.14. The molecule has 4 heteroatoms. The van der Waals surface area contributed by atoms with Gasteiger partial charge in [-0.2, -0.15) is 8.42 Å². The molecular formula is C10H14O3S. The third-order valence-corrected chi connectivity index (χ3v) is 3.12. The van der Waals surface area contributed by atoms with Gasteiger partial charge in [0.15, 0.2) is 0 Å². The number of aryl methyl sites for hydroxylation is 1. The third-order valence-electron chi connectivity index (χ3n) is 1.63. The van der Waals surface area contributed by atoms with Crippen LogP contribution in [0.15, 0.2) is 29.2 Å². The van der Waals surface area contributed by atoms with E-state index in [0.717, 1.165) is 5.56 Å². The van der Waals surface area contributed by atoms with Crippen LogP contribution in [0.25, 0.3) is 0 Å². The fraction of sp³-hybridized carbons (Fsp3) is 0.400. The summed E-state index contributed by atoms with van der Waals surface area (Å²) in [5.74, 6) is 0. The zero-order valence-corrected chi connectivity index (χ0v) is 9.34. The molecule has 0 saturated carbocycles. The quantitative estimate of drug-likeness (QED) is 0.724. The molecule has 0 N–H and O–H groups in total. The fourth-order valence-electron chi connectivity index (χ4n) is 1.01. The van der Waals surface area contributed by atoms with Crippen molar-refractivity contribution in [2.45, 2.75) is 31.8 Å². The molecular weight excluding hydrogens is 200 g/mol. The van der Waals surface area contributed by atoms with Crippen LogP contribution in [0, 0.1) is 6.92 Å². The molecule has 0 spiro atoms. The van der Waals surface area contributed by atoms with Gasteiger partial charge >= 0.3 is 0 Å². The first kappa shape index (κ1) is 11.2. The Labute approximate surface area is 84.8 Å². The minimum atomic E-state index is -3.58. The average molecular weight is 214 g/mol. The average Bonchev–Trinajstić information content (AvgIpc) is 2.02. The lowest BCUT2D eigenvalue weighted by Gasteiger charge is -2.08. The predicted molar refractivity (Wildman–Crippen MR) is 54.6 cm³/mol. The van der Waals surface area contributed by atoms with Crippen LogP contribution in [0.4, 0.5) is 0 Å². The first-order valence-electron chi connectivity index (χ1n) is 4.42. The number of rotatable bonds is 3. The molecule has 0 bridgehead atoms. The topological polar surface area (TPSA) is 43.4 Å². The van der Waals surface area contributed by atoms with Gasteiger partial charge in [0, 0.05) is 0 Å². The second-order valence-electron chi connectivity index (χ2n) is 3.41. The lowest BCUT2D eigenvalue weighted by Crippen LogP contribution is -2.12. The molecule has 0 aromatic heterocycles. The Balaban J connectivity index is 2.99. The Morgan fingerprint density at radius 1 is 1.14 bits per heavy atom. The lowest BCUT2D eigenvalue weighted by atomic mass is 10.2. The second-order valence-corrected chi connectivity index (χ2v) is 4.98. The largest absolute Gasteiger partial charge is 0.297 e. The summed E-state index contributed by atoms with van der Waals surface area (Å²) in [7, 11) is -3.58. The van der Waals surface area contributed by atoms with Crippen molar-refractivity contribution in [1.82, 2.24) is 0 Å². The van der Waals surface area contributed by atoms with Crippen molar-refractivity contribution < 1.29 is 12.6 Å². The Morgan fingerprint density at radius 2 is 1.64 bits per heavy atom. The van der Waals surface area contributed by atoms with Crippen molar-refractivity contribution >= 4 is 10.1 Å². The van der Waals surface area contributed by atoms with Gasteiger partial charge in [-0.05, 0) is 32.9 Å². The van der Waals surface area contributed by atoms with Crippen molar-refractivity contribution in [1.29, 1.82) is 0 Å². The second kappa shape index (κ2) is 4.11. The van der Waals surface area contributed by atoms with E-state index in [1.807, 2.05) is 6.92 Å². The van der Waals surface area contributed by atoms with E-state index in [2.05, 4.69) is 0 Å². The molecule has 0 radical (unpaired) electrons. The Hall–Kier alpha value is -0.870. The lowest BCUT2D eigenvalue weighted by molar-refractivity contribution is 0.249. The molecule has 0 aliphatic rings. The van der Waals surface area contributed by atoms with Crippen LogP contribution < -0.4 is 0 Å². The molecule has 1 aromatic rings. The van der Waals surface area contributed by atoms with Crippen LogP contribution in [-0.4, -0.2) is 14.5 Å². The van der Waals surface area contributed by atoms with Gasteiger partial charge in [-0.3, -0.25) is 4.18 Å². The SMILES string of the molecule is Cc1ccc(S(=O)(=O)OC(C)C)cc1. The highest BCUT2D eigenvalue weighted by atomic mass is 32.2. The fourth-order valence-corrected chi connectivity index (χ4v) is 2.10. The van der Waals surface area contributed by atoms with Crippen molar-refractivity contribution in [3.05, 3.63) is 29.8 Å². The van der Waals surface area contributed by atoms with Crippen molar-refractivity contribution in [2.24, 2.45) is 0 Å². The summed E-state index contributed by atoms with van der Waals surface area (Å²) >= 11 is 0. The van der Waals surface area contributed by atoms with E-state index in [9.17, 15) is 8.42 Å². The summed E-state index contributed by atoms with van der Waals surface area (Å²) in [6.45, 7) is 5.27. The molecule has 1 aromatic carbocycles. The zero-order valence-electron chi connectivity index (χ0n) is 8.52. The van der Waals surface area contributed by atoms with E-state index in [1.165, 1.54) is 0 Å². The Bertz CT molecular complexity index is 390. The minimum absolute atomic E-state index is 0.205. The maximum absolute atomic E-state index is 11.5.